The van der Waals surface area contributed by atoms with Gasteiger partial charge in [0.15, 0.2) is 12.7 Å². The highest BCUT2D eigenvalue weighted by Crippen LogP contribution is 2.29. The minimum Gasteiger partial charge on any atom is -0.497 e. The van der Waals surface area contributed by atoms with Crippen LogP contribution in [0.15, 0.2) is 35.3 Å². The van der Waals surface area contributed by atoms with Gasteiger partial charge in [-0.3, -0.25) is 0 Å². The first-order valence-corrected chi connectivity index (χ1v) is 6.50. The van der Waals surface area contributed by atoms with Crippen molar-refractivity contribution in [3.63, 3.8) is 0 Å². The third-order valence-corrected chi connectivity index (χ3v) is 3.38. The fraction of sp³-hybridized carbons (Fsp3) is 0.308. The van der Waals surface area contributed by atoms with Crippen molar-refractivity contribution in [1.29, 1.82) is 0 Å². The summed E-state index contributed by atoms with van der Waals surface area (Å²) in [5.41, 5.74) is 2.72. The second-order valence-electron chi connectivity index (χ2n) is 3.85. The van der Waals surface area contributed by atoms with Crippen LogP contribution in [0.3, 0.4) is 0 Å². The molecular weight excluding hydrogens is 250 g/mol. The van der Waals surface area contributed by atoms with Crippen LogP contribution in [0.1, 0.15) is 11.7 Å². The van der Waals surface area contributed by atoms with Crippen LogP contribution in [0, 0.1) is 0 Å². The molecule has 1 N–H and O–H groups in total. The summed E-state index contributed by atoms with van der Waals surface area (Å²) in [6.45, 7) is 0.506. The van der Waals surface area contributed by atoms with E-state index in [9.17, 15) is 5.11 Å². The molecule has 5 heteroatoms. The molecule has 2 aromatic rings. The van der Waals surface area contributed by atoms with Crippen LogP contribution < -0.4 is 14.0 Å². The molecule has 0 bridgehead atoms. The number of methoxy groups -OCH3 is 2. The number of nitrogens with zero attached hydrogens (tertiary/aromatic N) is 1. The third-order valence-electron chi connectivity index (χ3n) is 2.71. The van der Waals surface area contributed by atoms with E-state index in [2.05, 4.69) is 0 Å². The van der Waals surface area contributed by atoms with E-state index < -0.39 is 6.10 Å². The number of thiazole rings is 1. The summed E-state index contributed by atoms with van der Waals surface area (Å²) in [6.07, 6.45) is 1.33. The van der Waals surface area contributed by atoms with E-state index in [1.54, 1.807) is 31.6 Å². The molecule has 0 aliphatic heterocycles. The molecule has 1 heterocycles. The van der Waals surface area contributed by atoms with E-state index >= 15 is 0 Å². The number of ether oxygens (including phenoxy) is 2. The Kier molecular flexibility index (Phi) is 4.17. The maximum absolute atomic E-state index is 10.2. The highest BCUT2D eigenvalue weighted by Gasteiger charge is 2.18. The van der Waals surface area contributed by atoms with E-state index in [4.69, 9.17) is 9.47 Å². The average molecular weight is 266 g/mol. The quantitative estimate of drug-likeness (QED) is 0.839. The zero-order chi connectivity index (χ0) is 13.0. The molecule has 0 radical (unpaired) electrons. The van der Waals surface area contributed by atoms with Gasteiger partial charge in [-0.15, -0.1) is 0 Å². The summed E-state index contributed by atoms with van der Waals surface area (Å²) in [4.78, 5) is 0. The van der Waals surface area contributed by atoms with Gasteiger partial charge in [0, 0.05) is 11.6 Å². The van der Waals surface area contributed by atoms with Crippen molar-refractivity contribution >= 4 is 11.3 Å². The predicted molar refractivity (Wildman–Crippen MR) is 69.0 cm³/mol. The van der Waals surface area contributed by atoms with Crippen LogP contribution in [-0.2, 0) is 6.54 Å². The molecule has 0 saturated heterocycles. The first-order chi connectivity index (χ1) is 8.74. The molecule has 0 amide bonds. The van der Waals surface area contributed by atoms with E-state index in [0.29, 0.717) is 18.0 Å². The molecule has 96 valence electrons. The molecule has 2 rings (SSSR count). The van der Waals surface area contributed by atoms with Gasteiger partial charge in [-0.1, -0.05) is 11.3 Å². The van der Waals surface area contributed by atoms with E-state index in [0.717, 1.165) is 5.56 Å². The zero-order valence-electron chi connectivity index (χ0n) is 10.4. The lowest BCUT2D eigenvalue weighted by atomic mass is 10.1. The van der Waals surface area contributed by atoms with Gasteiger partial charge in [0.1, 0.15) is 17.6 Å². The minimum absolute atomic E-state index is 0.506. The molecule has 0 spiro atoms. The molecular formula is C13H16NO3S+. The molecule has 18 heavy (non-hydrogen) atoms. The number of rotatable bonds is 5. The van der Waals surface area contributed by atoms with Crippen molar-refractivity contribution in [1.82, 2.24) is 0 Å². The van der Waals surface area contributed by atoms with E-state index in [1.807, 2.05) is 33.8 Å². The normalized spacial score (nSPS) is 12.2. The lowest BCUT2D eigenvalue weighted by Gasteiger charge is -2.13. The number of aliphatic hydroxyl groups excluding tert-OH is 1. The zero-order valence-corrected chi connectivity index (χ0v) is 11.2. The standard InChI is InChI=1S/C13H16NO3S/c1-16-10-3-4-11(13(7-10)17-2)12(15)8-14-5-6-18-9-14/h3-7,9,12,15H,8H2,1-2H3/q+1. The first kappa shape index (κ1) is 12.9. The summed E-state index contributed by atoms with van der Waals surface area (Å²) >= 11 is 1.59. The Morgan fingerprint density at radius 1 is 1.33 bits per heavy atom. The lowest BCUT2D eigenvalue weighted by molar-refractivity contribution is -0.700. The van der Waals surface area contributed by atoms with Crippen molar-refractivity contribution in [3.05, 3.63) is 40.8 Å². The number of hydrogen-bond donors (Lipinski definition) is 1. The summed E-state index contributed by atoms with van der Waals surface area (Å²) in [7, 11) is 3.19. The van der Waals surface area contributed by atoms with Gasteiger partial charge in [-0.25, -0.2) is 0 Å². The van der Waals surface area contributed by atoms with Crippen LogP contribution in [-0.4, -0.2) is 19.3 Å². The van der Waals surface area contributed by atoms with Crippen molar-refractivity contribution in [2.45, 2.75) is 12.6 Å². The Balaban J connectivity index is 2.21. The second kappa shape index (κ2) is 5.84. The van der Waals surface area contributed by atoms with Gasteiger partial charge in [0.2, 0.25) is 5.51 Å². The Labute approximate surface area is 110 Å². The number of aliphatic hydroxyl groups is 1. The predicted octanol–water partition coefficient (Wildman–Crippen LogP) is 1.79. The van der Waals surface area contributed by atoms with Crippen molar-refractivity contribution < 1.29 is 19.1 Å². The first-order valence-electron chi connectivity index (χ1n) is 5.56. The van der Waals surface area contributed by atoms with Gasteiger partial charge in [-0.05, 0) is 12.1 Å². The number of aromatic nitrogens is 1. The molecule has 0 aliphatic carbocycles. The van der Waals surface area contributed by atoms with Gasteiger partial charge in [0.25, 0.3) is 0 Å². The molecule has 1 aromatic heterocycles. The summed E-state index contributed by atoms with van der Waals surface area (Å²) in [6, 6.07) is 5.42. The largest absolute Gasteiger partial charge is 0.497 e. The molecule has 0 saturated carbocycles. The molecule has 0 fully saturated rings. The van der Waals surface area contributed by atoms with Crippen LogP contribution in [0.25, 0.3) is 0 Å². The topological polar surface area (TPSA) is 42.6 Å². The van der Waals surface area contributed by atoms with Crippen molar-refractivity contribution in [3.8, 4) is 11.5 Å². The van der Waals surface area contributed by atoms with Gasteiger partial charge < -0.3 is 14.6 Å². The summed E-state index contributed by atoms with van der Waals surface area (Å²) < 4.78 is 12.4. The monoisotopic (exact) mass is 266 g/mol. The Morgan fingerprint density at radius 2 is 2.17 bits per heavy atom. The van der Waals surface area contributed by atoms with Crippen LogP contribution in [0.2, 0.25) is 0 Å². The fourth-order valence-corrected chi connectivity index (χ4v) is 2.37. The van der Waals surface area contributed by atoms with Gasteiger partial charge >= 0.3 is 0 Å². The average Bonchev–Trinajstić information content (AvgIpc) is 2.90. The lowest BCUT2D eigenvalue weighted by Crippen LogP contribution is -2.33. The number of hydrogen-bond acceptors (Lipinski definition) is 4. The summed E-state index contributed by atoms with van der Waals surface area (Å²) in [5, 5.41) is 12.2. The van der Waals surface area contributed by atoms with Crippen molar-refractivity contribution in [2.75, 3.05) is 14.2 Å². The molecule has 0 aliphatic rings. The van der Waals surface area contributed by atoms with E-state index in [-0.39, 0.29) is 0 Å². The maximum atomic E-state index is 10.2. The smallest absolute Gasteiger partial charge is 0.224 e. The molecule has 1 aromatic carbocycles. The second-order valence-corrected chi connectivity index (χ2v) is 4.60. The van der Waals surface area contributed by atoms with E-state index in [1.165, 1.54) is 0 Å². The molecule has 4 nitrogen and oxygen atoms in total. The van der Waals surface area contributed by atoms with Crippen LogP contribution in [0.4, 0.5) is 0 Å². The maximum Gasteiger partial charge on any atom is 0.224 e. The fourth-order valence-electron chi connectivity index (χ4n) is 1.76. The van der Waals surface area contributed by atoms with Gasteiger partial charge in [0.05, 0.1) is 19.6 Å². The highest BCUT2D eigenvalue weighted by atomic mass is 32.1. The number of benzene rings is 1. The van der Waals surface area contributed by atoms with Gasteiger partial charge in [-0.2, -0.15) is 4.57 Å². The molecule has 1 atom stereocenters. The minimum atomic E-state index is -0.606. The Hall–Kier alpha value is -1.59. The van der Waals surface area contributed by atoms with Crippen LogP contribution in [0.5, 0.6) is 11.5 Å². The Bertz CT molecular complexity index is 499. The molecule has 1 unspecified atom stereocenters. The van der Waals surface area contributed by atoms with Crippen molar-refractivity contribution in [2.24, 2.45) is 0 Å². The SMILES string of the molecule is COc1ccc(C(O)C[n+]2ccsc2)c(OC)c1. The summed E-state index contributed by atoms with van der Waals surface area (Å²) in [5.74, 6) is 1.35. The third kappa shape index (κ3) is 2.80. The van der Waals surface area contributed by atoms with Crippen LogP contribution >= 0.6 is 11.3 Å². The Morgan fingerprint density at radius 3 is 2.78 bits per heavy atom. The highest BCUT2D eigenvalue weighted by molar-refractivity contribution is 7.07.